The second kappa shape index (κ2) is 18.7. The molecule has 5 fully saturated rings. The molecule has 1 spiro atoms. The molecule has 12 atom stereocenters. The number of hydrogen-bond donors (Lipinski definition) is 2. The third-order valence-electron chi connectivity index (χ3n) is 12.6. The number of carbonyl (C=O) groups is 3. The number of ketones is 1. The number of ether oxygens (including phenoxy) is 4. The Kier molecular flexibility index (Phi) is 13.9. The molecule has 2 unspecified atom stereocenters. The summed E-state index contributed by atoms with van der Waals surface area (Å²) in [7, 11) is -1.27. The van der Waals surface area contributed by atoms with Crippen LogP contribution in [0.15, 0.2) is 121 Å². The van der Waals surface area contributed by atoms with Crippen LogP contribution in [0.1, 0.15) is 59.5 Å². The Hall–Kier alpha value is -4.46. The predicted molar refractivity (Wildman–Crippen MR) is 242 cm³/mol. The highest BCUT2D eigenvalue weighted by Crippen LogP contribution is 2.72. The first-order valence-electron chi connectivity index (χ1n) is 22.0. The van der Waals surface area contributed by atoms with E-state index in [9.17, 15) is 29.0 Å². The molecule has 11 nitrogen and oxygen atoms in total. The Labute approximate surface area is 381 Å². The van der Waals surface area contributed by atoms with Crippen molar-refractivity contribution in [3.63, 3.8) is 0 Å². The summed E-state index contributed by atoms with van der Waals surface area (Å²) in [6.45, 7) is 13.4. The number of aliphatic hydroxyl groups excluding tert-OH is 2. The van der Waals surface area contributed by atoms with Gasteiger partial charge in [0.25, 0.3) is 0 Å². The van der Waals surface area contributed by atoms with Gasteiger partial charge in [0, 0.05) is 24.7 Å². The van der Waals surface area contributed by atoms with Gasteiger partial charge in [0.05, 0.1) is 50.5 Å². The minimum Gasteiger partial charge on any atom is -0.467 e. The molecule has 0 aromatic heterocycles. The summed E-state index contributed by atoms with van der Waals surface area (Å²) in [5, 5.41) is 19.7. The van der Waals surface area contributed by atoms with Crippen molar-refractivity contribution in [2.75, 3.05) is 14.2 Å². The number of hydrogen-bond acceptors (Lipinski definition) is 11. The van der Waals surface area contributed by atoms with Crippen molar-refractivity contribution in [1.82, 2.24) is 0 Å². The highest BCUT2D eigenvalue weighted by atomic mass is 28.4. The van der Waals surface area contributed by atoms with Crippen molar-refractivity contribution in [3.05, 3.63) is 144 Å². The molecule has 15 heteroatoms. The van der Waals surface area contributed by atoms with E-state index in [0.717, 1.165) is 25.3 Å². The molecule has 65 heavy (non-hydrogen) atoms. The molecule has 4 aromatic carbocycles. The molecule has 4 aromatic rings. The van der Waals surface area contributed by atoms with Gasteiger partial charge in [-0.2, -0.15) is 0 Å². The first-order chi connectivity index (χ1) is 30.7. The molecule has 0 radical (unpaired) electrons. The van der Waals surface area contributed by atoms with Crippen LogP contribution in [-0.2, 0) is 42.2 Å². The van der Waals surface area contributed by atoms with E-state index in [1.54, 1.807) is 0 Å². The molecule has 1 heterocycles. The van der Waals surface area contributed by atoms with Crippen LogP contribution in [0.25, 0.3) is 0 Å². The van der Waals surface area contributed by atoms with E-state index in [1.807, 2.05) is 72.8 Å². The Bertz CT molecular complexity index is 2180. The zero-order valence-electron chi connectivity index (χ0n) is 38.1. The maximum absolute atomic E-state index is 15.4. The van der Waals surface area contributed by atoms with Crippen LogP contribution in [0.4, 0.5) is 8.78 Å². The first-order valence-corrected chi connectivity index (χ1v) is 28.9. The standard InChI is InChI=1S/C22H21FO5.C20H30O2Si2.C8H9FO4/c1-26-20(25)22(23)16-15(24)12-21(19(16)22)27-17(13-8-4-2-5-9-13)18(28-21)14-10-6-3-7-11-14;1-23(2,3)21-19(17-13-9-7-10-14-17)20(22-24(4,5)6)18-15-11-8-12-16-18;1-13-7(12)8(9)5-3(10)2-4(11)6(5)8/h2-11,15-19,24H,12H2,1H3;7-16,19-20H,1-6H3;3,5-6,10H,2H2,1H3/t15-,16+,17+,18+,19+,22+;;3-,5+,6-,8+/m1.1/s1. The van der Waals surface area contributed by atoms with Gasteiger partial charge in [-0.3, -0.25) is 4.79 Å². The summed E-state index contributed by atoms with van der Waals surface area (Å²) in [4.78, 5) is 34.1. The number of Topliss-reactive ketones (excluding diaryl/α,β-unsaturated/α-hetero) is 1. The van der Waals surface area contributed by atoms with Gasteiger partial charge in [-0.05, 0) is 61.5 Å². The van der Waals surface area contributed by atoms with Crippen LogP contribution in [0.3, 0.4) is 0 Å². The Morgan fingerprint density at radius 2 is 1.00 bits per heavy atom. The number of esters is 2. The largest absolute Gasteiger partial charge is 0.467 e. The smallest absolute Gasteiger partial charge is 0.344 e. The lowest BCUT2D eigenvalue weighted by atomic mass is 9.98. The van der Waals surface area contributed by atoms with Crippen LogP contribution in [0.5, 0.6) is 0 Å². The Morgan fingerprint density at radius 1 is 0.615 bits per heavy atom. The Morgan fingerprint density at radius 3 is 1.35 bits per heavy atom. The number of carbonyl (C=O) groups excluding carboxylic acids is 3. The number of rotatable bonds is 11. The van der Waals surface area contributed by atoms with Gasteiger partial charge in [0.15, 0.2) is 22.4 Å². The fourth-order valence-corrected chi connectivity index (χ4v) is 11.9. The molecule has 0 bridgehead atoms. The molecule has 1 aliphatic heterocycles. The van der Waals surface area contributed by atoms with Crippen LogP contribution in [0, 0.1) is 23.7 Å². The molecule has 348 valence electrons. The van der Waals surface area contributed by atoms with E-state index in [1.165, 1.54) is 11.1 Å². The van der Waals surface area contributed by atoms with Gasteiger partial charge >= 0.3 is 11.9 Å². The van der Waals surface area contributed by atoms with Crippen LogP contribution < -0.4 is 0 Å². The third kappa shape index (κ3) is 9.70. The highest BCUT2D eigenvalue weighted by molar-refractivity contribution is 6.70. The van der Waals surface area contributed by atoms with Crippen LogP contribution in [0.2, 0.25) is 39.3 Å². The summed E-state index contributed by atoms with van der Waals surface area (Å²) >= 11 is 0. The van der Waals surface area contributed by atoms with Crippen LogP contribution in [-0.4, -0.2) is 88.1 Å². The zero-order valence-corrected chi connectivity index (χ0v) is 40.1. The predicted octanol–water partition coefficient (Wildman–Crippen LogP) is 8.72. The lowest BCUT2D eigenvalue weighted by Crippen LogP contribution is -2.41. The maximum Gasteiger partial charge on any atom is 0.344 e. The summed E-state index contributed by atoms with van der Waals surface area (Å²) in [5.41, 5.74) is -0.356. The minimum absolute atomic E-state index is 0.0437. The van der Waals surface area contributed by atoms with Gasteiger partial charge in [0.1, 0.15) is 18.0 Å². The van der Waals surface area contributed by atoms with E-state index in [-0.39, 0.29) is 30.8 Å². The van der Waals surface area contributed by atoms with Gasteiger partial charge in [-0.1, -0.05) is 121 Å². The van der Waals surface area contributed by atoms with Crippen molar-refractivity contribution in [1.29, 1.82) is 0 Å². The normalized spacial score (nSPS) is 31.2. The van der Waals surface area contributed by atoms with Crippen molar-refractivity contribution >= 4 is 34.4 Å². The van der Waals surface area contributed by atoms with Crippen molar-refractivity contribution in [2.24, 2.45) is 23.7 Å². The van der Waals surface area contributed by atoms with E-state index in [0.29, 0.717) is 0 Å². The number of benzene rings is 4. The second-order valence-electron chi connectivity index (χ2n) is 19.4. The molecule has 9 rings (SSSR count). The van der Waals surface area contributed by atoms with Gasteiger partial charge in [-0.15, -0.1) is 0 Å². The number of methoxy groups -OCH3 is 2. The average molecular weight is 931 g/mol. The lowest BCUT2D eigenvalue weighted by molar-refractivity contribution is -0.207. The third-order valence-corrected chi connectivity index (χ3v) is 14.5. The summed E-state index contributed by atoms with van der Waals surface area (Å²) in [5.74, 6) is -7.36. The molecule has 4 saturated carbocycles. The van der Waals surface area contributed by atoms with Gasteiger partial charge in [-0.25, -0.2) is 18.4 Å². The van der Waals surface area contributed by atoms with Crippen molar-refractivity contribution < 1.29 is 61.2 Å². The zero-order chi connectivity index (χ0) is 47.1. The SMILES string of the molecule is COC(=O)[C@]1(F)[C@H]2[C@H](O)CC(=O)[C@H]21.COC(=O)[C@]1(F)[C@H]2[C@H](O)CC3(O[C@@H](c4ccccc4)[C@H](c4ccccc4)O3)[C@H]21.C[Si](C)(C)OC(c1ccccc1)C(O[Si](C)(C)C)c1ccccc1. The van der Waals surface area contributed by atoms with Gasteiger partial charge in [0.2, 0.25) is 11.3 Å². The molecular weight excluding hydrogens is 871 g/mol. The number of aliphatic hydroxyl groups is 2. The maximum atomic E-state index is 15.4. The topological polar surface area (TPSA) is 147 Å². The van der Waals surface area contributed by atoms with E-state index >= 15 is 4.39 Å². The number of fused-ring (bicyclic) bond motifs is 3. The van der Waals surface area contributed by atoms with Gasteiger partial charge < -0.3 is 38.0 Å². The molecule has 5 aliphatic rings. The average Bonchev–Trinajstić information content (AvgIpc) is 3.94. The molecule has 0 amide bonds. The van der Waals surface area contributed by atoms with Crippen molar-refractivity contribution in [2.45, 2.75) is 106 Å². The fourth-order valence-electron chi connectivity index (χ4n) is 9.89. The highest BCUT2D eigenvalue weighted by Gasteiger charge is 2.87. The van der Waals surface area contributed by atoms with E-state index < -0.39 is 93.8 Å². The lowest BCUT2D eigenvalue weighted by Gasteiger charge is -2.36. The number of alkyl halides is 2. The molecule has 2 N–H and O–H groups in total. The second-order valence-corrected chi connectivity index (χ2v) is 28.3. The number of halogens is 2. The Balaban J connectivity index is 0.000000155. The summed E-state index contributed by atoms with van der Waals surface area (Å²) in [6.07, 6.45) is -3.08. The first kappa shape index (κ1) is 48.5. The quantitative estimate of drug-likeness (QED) is 0.110. The van der Waals surface area contributed by atoms with Crippen molar-refractivity contribution in [3.8, 4) is 0 Å². The summed E-state index contributed by atoms with van der Waals surface area (Å²) in [6, 6.07) is 40.2. The monoisotopic (exact) mass is 930 g/mol. The molecule has 1 saturated heterocycles. The summed E-state index contributed by atoms with van der Waals surface area (Å²) < 4.78 is 63.9. The van der Waals surface area contributed by atoms with E-state index in [2.05, 4.69) is 97.3 Å². The molecule has 4 aliphatic carbocycles. The minimum atomic E-state index is -2.28. The molecular formula is C50H60F2O11Si2. The van der Waals surface area contributed by atoms with E-state index in [4.69, 9.17) is 18.3 Å². The fraction of sp³-hybridized carbons (Fsp3) is 0.460. The van der Waals surface area contributed by atoms with Crippen LogP contribution >= 0.6 is 0 Å².